The monoisotopic (exact) mass is 256 g/mol. The lowest BCUT2D eigenvalue weighted by Gasteiger charge is -2.23. The summed E-state index contributed by atoms with van der Waals surface area (Å²) < 4.78 is 0. The van der Waals surface area contributed by atoms with Gasteiger partial charge in [0.2, 0.25) is 0 Å². The van der Waals surface area contributed by atoms with Crippen molar-refractivity contribution >= 4 is 11.4 Å². The zero-order chi connectivity index (χ0) is 13.6. The van der Waals surface area contributed by atoms with Crippen LogP contribution in [0.2, 0.25) is 0 Å². The quantitative estimate of drug-likeness (QED) is 0.825. The number of allylic oxidation sites excluding steroid dienone is 2. The summed E-state index contributed by atoms with van der Waals surface area (Å²) >= 11 is 0. The molecule has 0 unspecified atom stereocenters. The zero-order valence-corrected chi connectivity index (χ0v) is 11.6. The van der Waals surface area contributed by atoms with E-state index in [2.05, 4.69) is 6.07 Å². The first-order chi connectivity index (χ1) is 9.09. The minimum Gasteiger partial charge on any atom is -0.511 e. The summed E-state index contributed by atoms with van der Waals surface area (Å²) in [7, 11) is 0. The van der Waals surface area contributed by atoms with Crippen molar-refractivity contribution in [1.29, 1.82) is 0 Å². The standard InChI is InChI=1S/C17H20O2/c1-10-7-8-12(11(2)9-10)15-16(18)13-5-3-4-6-14(13)17(15)19/h7-9,13-14,18H,3-6H2,1-2H3/t13-,14+/m1/s1. The van der Waals surface area contributed by atoms with Crippen molar-refractivity contribution in [3.8, 4) is 0 Å². The fourth-order valence-corrected chi connectivity index (χ4v) is 3.63. The van der Waals surface area contributed by atoms with E-state index in [0.29, 0.717) is 11.3 Å². The van der Waals surface area contributed by atoms with Gasteiger partial charge in [-0.1, -0.05) is 36.6 Å². The molecule has 1 fully saturated rings. The highest BCUT2D eigenvalue weighted by molar-refractivity contribution is 6.25. The number of fused-ring (bicyclic) bond motifs is 1. The van der Waals surface area contributed by atoms with Gasteiger partial charge in [-0.05, 0) is 37.8 Å². The van der Waals surface area contributed by atoms with Gasteiger partial charge < -0.3 is 5.11 Å². The molecule has 19 heavy (non-hydrogen) atoms. The van der Waals surface area contributed by atoms with Crippen molar-refractivity contribution in [2.45, 2.75) is 39.5 Å². The van der Waals surface area contributed by atoms with Gasteiger partial charge in [0, 0.05) is 11.8 Å². The minimum absolute atomic E-state index is 0.0319. The lowest BCUT2D eigenvalue weighted by molar-refractivity contribution is -0.118. The lowest BCUT2D eigenvalue weighted by atomic mass is 9.80. The van der Waals surface area contributed by atoms with Crippen LogP contribution in [0.1, 0.15) is 42.4 Å². The van der Waals surface area contributed by atoms with E-state index < -0.39 is 0 Å². The molecule has 2 heteroatoms. The van der Waals surface area contributed by atoms with E-state index in [1.807, 2.05) is 26.0 Å². The van der Waals surface area contributed by atoms with Crippen LogP contribution in [-0.2, 0) is 4.79 Å². The predicted octanol–water partition coefficient (Wildman–Crippen LogP) is 3.96. The molecule has 100 valence electrons. The van der Waals surface area contributed by atoms with Crippen LogP contribution in [0.4, 0.5) is 0 Å². The van der Waals surface area contributed by atoms with Crippen molar-refractivity contribution in [3.63, 3.8) is 0 Å². The van der Waals surface area contributed by atoms with Crippen LogP contribution in [0.15, 0.2) is 24.0 Å². The van der Waals surface area contributed by atoms with Gasteiger partial charge in [-0.25, -0.2) is 0 Å². The number of benzene rings is 1. The number of Topliss-reactive ketones (excluding diaryl/α,β-unsaturated/α-hetero) is 1. The Morgan fingerprint density at radius 3 is 2.42 bits per heavy atom. The van der Waals surface area contributed by atoms with E-state index in [-0.39, 0.29) is 17.6 Å². The van der Waals surface area contributed by atoms with Crippen LogP contribution in [0.3, 0.4) is 0 Å². The Labute approximate surface area is 114 Å². The molecular weight excluding hydrogens is 236 g/mol. The Kier molecular flexibility index (Phi) is 2.96. The highest BCUT2D eigenvalue weighted by Gasteiger charge is 2.43. The normalized spacial score (nSPS) is 26.7. The number of aliphatic hydroxyl groups excluding tert-OH is 1. The third-order valence-electron chi connectivity index (χ3n) is 4.61. The van der Waals surface area contributed by atoms with Gasteiger partial charge in [0.05, 0.1) is 5.57 Å². The number of hydrogen-bond donors (Lipinski definition) is 1. The van der Waals surface area contributed by atoms with Crippen LogP contribution in [0.5, 0.6) is 0 Å². The molecule has 1 aromatic rings. The fourth-order valence-electron chi connectivity index (χ4n) is 3.63. The van der Waals surface area contributed by atoms with Crippen LogP contribution in [0, 0.1) is 25.7 Å². The molecule has 0 aliphatic heterocycles. The van der Waals surface area contributed by atoms with Gasteiger partial charge in [0.25, 0.3) is 0 Å². The summed E-state index contributed by atoms with van der Waals surface area (Å²) in [6.45, 7) is 4.05. The maximum absolute atomic E-state index is 12.6. The van der Waals surface area contributed by atoms with Crippen molar-refractivity contribution in [2.75, 3.05) is 0 Å². The molecule has 1 saturated carbocycles. The molecule has 2 aliphatic carbocycles. The first-order valence-electron chi connectivity index (χ1n) is 7.14. The Hall–Kier alpha value is -1.57. The Morgan fingerprint density at radius 1 is 1.11 bits per heavy atom. The fraction of sp³-hybridized carbons (Fsp3) is 0.471. The molecule has 0 aromatic heterocycles. The van der Waals surface area contributed by atoms with Crippen molar-refractivity contribution in [3.05, 3.63) is 40.6 Å². The third kappa shape index (κ3) is 1.90. The third-order valence-corrected chi connectivity index (χ3v) is 4.61. The van der Waals surface area contributed by atoms with E-state index in [0.717, 1.165) is 36.8 Å². The highest BCUT2D eigenvalue weighted by Crippen LogP contribution is 2.46. The Balaban J connectivity index is 2.08. The number of aliphatic hydroxyl groups is 1. The number of rotatable bonds is 1. The van der Waals surface area contributed by atoms with E-state index in [1.165, 1.54) is 5.56 Å². The van der Waals surface area contributed by atoms with Crippen molar-refractivity contribution < 1.29 is 9.90 Å². The average molecular weight is 256 g/mol. The number of carbonyl (C=O) groups excluding carboxylic acids is 1. The molecule has 0 amide bonds. The van der Waals surface area contributed by atoms with Gasteiger partial charge in [-0.2, -0.15) is 0 Å². The van der Waals surface area contributed by atoms with Crippen LogP contribution in [0.25, 0.3) is 5.57 Å². The van der Waals surface area contributed by atoms with Crippen molar-refractivity contribution in [2.24, 2.45) is 11.8 Å². The summed E-state index contributed by atoms with van der Waals surface area (Å²) in [6.07, 6.45) is 4.12. The number of aryl methyl sites for hydroxylation is 2. The number of hydrogen-bond acceptors (Lipinski definition) is 2. The zero-order valence-electron chi connectivity index (χ0n) is 11.6. The largest absolute Gasteiger partial charge is 0.511 e. The summed E-state index contributed by atoms with van der Waals surface area (Å²) in [5.41, 5.74) is 3.77. The predicted molar refractivity (Wildman–Crippen MR) is 75.9 cm³/mol. The molecule has 2 aliphatic rings. The molecule has 0 saturated heterocycles. The van der Waals surface area contributed by atoms with E-state index in [4.69, 9.17) is 0 Å². The Morgan fingerprint density at radius 2 is 1.79 bits per heavy atom. The smallest absolute Gasteiger partial charge is 0.170 e. The molecule has 0 bridgehead atoms. The molecule has 1 N–H and O–H groups in total. The van der Waals surface area contributed by atoms with E-state index >= 15 is 0 Å². The number of carbonyl (C=O) groups is 1. The van der Waals surface area contributed by atoms with Crippen molar-refractivity contribution in [1.82, 2.24) is 0 Å². The summed E-state index contributed by atoms with van der Waals surface area (Å²) in [5, 5.41) is 10.5. The summed E-state index contributed by atoms with van der Waals surface area (Å²) in [5.74, 6) is 0.622. The number of ketones is 1. The maximum Gasteiger partial charge on any atom is 0.170 e. The van der Waals surface area contributed by atoms with Crippen LogP contribution >= 0.6 is 0 Å². The molecule has 2 nitrogen and oxygen atoms in total. The van der Waals surface area contributed by atoms with E-state index in [1.54, 1.807) is 0 Å². The summed E-state index contributed by atoms with van der Waals surface area (Å²) in [6, 6.07) is 6.06. The van der Waals surface area contributed by atoms with Gasteiger partial charge in [-0.15, -0.1) is 0 Å². The second-order valence-corrected chi connectivity index (χ2v) is 5.94. The van der Waals surface area contributed by atoms with Crippen LogP contribution < -0.4 is 0 Å². The molecular formula is C17H20O2. The minimum atomic E-state index is 0.0319. The molecule has 0 radical (unpaired) electrons. The Bertz CT molecular complexity index is 569. The molecule has 2 atom stereocenters. The van der Waals surface area contributed by atoms with Gasteiger partial charge in [-0.3, -0.25) is 4.79 Å². The lowest BCUT2D eigenvalue weighted by Crippen LogP contribution is -2.21. The first kappa shape index (κ1) is 12.5. The highest BCUT2D eigenvalue weighted by atomic mass is 16.3. The SMILES string of the molecule is Cc1ccc(C2=C(O)[C@@H]3CCCC[C@@H]3C2=O)c(C)c1. The van der Waals surface area contributed by atoms with E-state index in [9.17, 15) is 9.90 Å². The maximum atomic E-state index is 12.6. The first-order valence-corrected chi connectivity index (χ1v) is 7.14. The topological polar surface area (TPSA) is 37.3 Å². The van der Waals surface area contributed by atoms with Gasteiger partial charge >= 0.3 is 0 Å². The van der Waals surface area contributed by atoms with Gasteiger partial charge in [0.15, 0.2) is 5.78 Å². The van der Waals surface area contributed by atoms with Gasteiger partial charge in [0.1, 0.15) is 5.76 Å². The second kappa shape index (κ2) is 4.52. The second-order valence-electron chi connectivity index (χ2n) is 5.94. The average Bonchev–Trinajstić information content (AvgIpc) is 2.64. The molecule has 1 aromatic carbocycles. The molecule has 3 rings (SSSR count). The summed E-state index contributed by atoms with van der Waals surface area (Å²) in [4.78, 5) is 12.6. The molecule has 0 spiro atoms. The van der Waals surface area contributed by atoms with Crippen LogP contribution in [-0.4, -0.2) is 10.9 Å². The molecule has 0 heterocycles.